The highest BCUT2D eigenvalue weighted by Gasteiger charge is 2.28. The summed E-state index contributed by atoms with van der Waals surface area (Å²) < 4.78 is 1.87. The molecule has 1 aromatic heterocycles. The standard InChI is InChI=1S/C11H20N4S/c1-12-11(9-6-13-15(3)7-9)10-8-16-5-4-14(10)2/h6-7,10-12H,4-5,8H2,1-3H3. The Morgan fingerprint density at radius 1 is 1.56 bits per heavy atom. The lowest BCUT2D eigenvalue weighted by molar-refractivity contribution is 0.221. The van der Waals surface area contributed by atoms with Gasteiger partial charge >= 0.3 is 0 Å². The van der Waals surface area contributed by atoms with Crippen LogP contribution in [0.1, 0.15) is 11.6 Å². The zero-order valence-corrected chi connectivity index (χ0v) is 11.0. The quantitative estimate of drug-likeness (QED) is 0.844. The summed E-state index contributed by atoms with van der Waals surface area (Å²) in [7, 11) is 6.21. The molecule has 0 aromatic carbocycles. The molecule has 2 rings (SSSR count). The fourth-order valence-electron chi connectivity index (χ4n) is 2.24. The van der Waals surface area contributed by atoms with Crippen molar-refractivity contribution in [3.05, 3.63) is 18.0 Å². The molecule has 16 heavy (non-hydrogen) atoms. The monoisotopic (exact) mass is 240 g/mol. The first-order valence-corrected chi connectivity index (χ1v) is 6.81. The minimum atomic E-state index is 0.381. The molecule has 2 atom stereocenters. The molecular formula is C11H20N4S. The number of thioether (sulfide) groups is 1. The predicted octanol–water partition coefficient (Wildman–Crippen LogP) is 0.728. The van der Waals surface area contributed by atoms with Crippen LogP contribution < -0.4 is 5.32 Å². The molecule has 0 amide bonds. The summed E-state index contributed by atoms with van der Waals surface area (Å²) in [5, 5.41) is 7.68. The van der Waals surface area contributed by atoms with E-state index < -0.39 is 0 Å². The Bertz CT molecular complexity index is 338. The second-order valence-electron chi connectivity index (χ2n) is 4.34. The molecule has 1 aromatic rings. The molecule has 1 N–H and O–H groups in total. The maximum atomic E-state index is 4.26. The number of aromatic nitrogens is 2. The number of nitrogens with one attached hydrogen (secondary N) is 1. The van der Waals surface area contributed by atoms with E-state index in [1.807, 2.05) is 36.7 Å². The Labute approximate surface area is 101 Å². The Balaban J connectivity index is 2.14. The normalized spacial score (nSPS) is 24.6. The van der Waals surface area contributed by atoms with E-state index in [0.717, 1.165) is 0 Å². The van der Waals surface area contributed by atoms with Crippen molar-refractivity contribution in [1.29, 1.82) is 0 Å². The molecule has 0 saturated carbocycles. The van der Waals surface area contributed by atoms with Gasteiger partial charge in [0.1, 0.15) is 0 Å². The van der Waals surface area contributed by atoms with Crippen molar-refractivity contribution >= 4 is 11.8 Å². The molecule has 0 aliphatic carbocycles. The lowest BCUT2D eigenvalue weighted by Gasteiger charge is -2.37. The zero-order chi connectivity index (χ0) is 11.5. The van der Waals surface area contributed by atoms with Gasteiger partial charge in [-0.1, -0.05) is 0 Å². The highest BCUT2D eigenvalue weighted by atomic mass is 32.2. The third-order valence-electron chi connectivity index (χ3n) is 3.22. The van der Waals surface area contributed by atoms with Gasteiger partial charge in [0.2, 0.25) is 0 Å². The molecule has 1 aliphatic heterocycles. The molecule has 1 aliphatic rings. The van der Waals surface area contributed by atoms with Gasteiger partial charge in [-0.25, -0.2) is 0 Å². The molecule has 90 valence electrons. The van der Waals surface area contributed by atoms with Gasteiger partial charge in [0, 0.05) is 42.9 Å². The van der Waals surface area contributed by atoms with E-state index in [0.29, 0.717) is 12.1 Å². The van der Waals surface area contributed by atoms with Crippen LogP contribution >= 0.6 is 11.8 Å². The summed E-state index contributed by atoms with van der Waals surface area (Å²) in [5.74, 6) is 2.44. The summed E-state index contributed by atoms with van der Waals surface area (Å²) in [6, 6.07) is 0.944. The number of likely N-dealkylation sites (N-methyl/N-ethyl adjacent to an activating group) is 2. The first-order valence-electron chi connectivity index (χ1n) is 5.66. The van der Waals surface area contributed by atoms with Crippen LogP contribution in [-0.4, -0.2) is 52.9 Å². The average molecular weight is 240 g/mol. The molecule has 0 radical (unpaired) electrons. The van der Waals surface area contributed by atoms with Crippen LogP contribution in [0.3, 0.4) is 0 Å². The topological polar surface area (TPSA) is 33.1 Å². The van der Waals surface area contributed by atoms with E-state index in [2.05, 4.69) is 28.6 Å². The van der Waals surface area contributed by atoms with Crippen molar-refractivity contribution < 1.29 is 0 Å². The first-order chi connectivity index (χ1) is 7.72. The van der Waals surface area contributed by atoms with Crippen molar-refractivity contribution in [2.75, 3.05) is 32.1 Å². The lowest BCUT2D eigenvalue weighted by Crippen LogP contribution is -2.46. The predicted molar refractivity (Wildman–Crippen MR) is 68.8 cm³/mol. The Kier molecular flexibility index (Phi) is 3.89. The van der Waals surface area contributed by atoms with Crippen molar-refractivity contribution in [3.8, 4) is 0 Å². The summed E-state index contributed by atoms with van der Waals surface area (Å²) in [5.41, 5.74) is 1.28. The van der Waals surface area contributed by atoms with Crippen LogP contribution in [0.4, 0.5) is 0 Å². The number of hydrogen-bond acceptors (Lipinski definition) is 4. The summed E-state index contributed by atoms with van der Waals surface area (Å²) in [6.07, 6.45) is 4.07. The van der Waals surface area contributed by atoms with Gasteiger partial charge in [-0.3, -0.25) is 9.58 Å². The average Bonchev–Trinajstić information content (AvgIpc) is 2.69. The van der Waals surface area contributed by atoms with Gasteiger partial charge in [-0.05, 0) is 14.1 Å². The van der Waals surface area contributed by atoms with Gasteiger partial charge in [0.15, 0.2) is 0 Å². The Morgan fingerprint density at radius 2 is 2.38 bits per heavy atom. The van der Waals surface area contributed by atoms with Crippen LogP contribution in [0.15, 0.2) is 12.4 Å². The molecular weight excluding hydrogens is 220 g/mol. The van der Waals surface area contributed by atoms with Crippen molar-refractivity contribution in [1.82, 2.24) is 20.0 Å². The maximum absolute atomic E-state index is 4.26. The van der Waals surface area contributed by atoms with Crippen LogP contribution in [0.2, 0.25) is 0 Å². The summed E-state index contributed by atoms with van der Waals surface area (Å²) >= 11 is 2.04. The van der Waals surface area contributed by atoms with Gasteiger partial charge in [0.05, 0.1) is 12.2 Å². The maximum Gasteiger partial charge on any atom is 0.0538 e. The van der Waals surface area contributed by atoms with Crippen molar-refractivity contribution in [3.63, 3.8) is 0 Å². The minimum absolute atomic E-state index is 0.381. The van der Waals surface area contributed by atoms with Crippen molar-refractivity contribution in [2.45, 2.75) is 12.1 Å². The smallest absolute Gasteiger partial charge is 0.0538 e. The molecule has 0 bridgehead atoms. The van der Waals surface area contributed by atoms with Gasteiger partial charge < -0.3 is 5.32 Å². The summed E-state index contributed by atoms with van der Waals surface area (Å²) in [6.45, 7) is 1.17. The molecule has 1 fully saturated rings. The van der Waals surface area contributed by atoms with Gasteiger partial charge in [-0.2, -0.15) is 16.9 Å². The molecule has 0 spiro atoms. The second-order valence-corrected chi connectivity index (χ2v) is 5.49. The number of hydrogen-bond donors (Lipinski definition) is 1. The third kappa shape index (κ3) is 2.42. The second kappa shape index (κ2) is 5.21. The molecule has 1 saturated heterocycles. The van der Waals surface area contributed by atoms with Crippen LogP contribution in [0.5, 0.6) is 0 Å². The largest absolute Gasteiger partial charge is 0.312 e. The van der Waals surface area contributed by atoms with E-state index in [-0.39, 0.29) is 0 Å². The zero-order valence-electron chi connectivity index (χ0n) is 10.2. The fourth-order valence-corrected chi connectivity index (χ4v) is 3.51. The van der Waals surface area contributed by atoms with Crippen molar-refractivity contribution in [2.24, 2.45) is 7.05 Å². The number of nitrogens with zero attached hydrogens (tertiary/aromatic N) is 3. The van der Waals surface area contributed by atoms with E-state index in [1.165, 1.54) is 23.6 Å². The first kappa shape index (κ1) is 12.0. The highest BCUT2D eigenvalue weighted by molar-refractivity contribution is 7.99. The van der Waals surface area contributed by atoms with E-state index >= 15 is 0 Å². The fraction of sp³-hybridized carbons (Fsp3) is 0.727. The number of rotatable bonds is 3. The SMILES string of the molecule is CNC(c1cnn(C)c1)C1CSCCN1C. The van der Waals surface area contributed by atoms with Gasteiger partial charge in [0.25, 0.3) is 0 Å². The van der Waals surface area contributed by atoms with E-state index in [4.69, 9.17) is 0 Å². The molecule has 5 heteroatoms. The molecule has 2 unspecified atom stereocenters. The van der Waals surface area contributed by atoms with Gasteiger partial charge in [-0.15, -0.1) is 0 Å². The lowest BCUT2D eigenvalue weighted by atomic mass is 10.0. The molecule has 2 heterocycles. The third-order valence-corrected chi connectivity index (χ3v) is 4.27. The van der Waals surface area contributed by atoms with Crippen LogP contribution in [-0.2, 0) is 7.05 Å². The number of aryl methyl sites for hydroxylation is 1. The summed E-state index contributed by atoms with van der Waals surface area (Å²) in [4.78, 5) is 2.45. The molecule has 4 nitrogen and oxygen atoms in total. The highest BCUT2D eigenvalue weighted by Crippen LogP contribution is 2.26. The minimum Gasteiger partial charge on any atom is -0.312 e. The Hall–Kier alpha value is -0.520. The van der Waals surface area contributed by atoms with Crippen LogP contribution in [0.25, 0.3) is 0 Å². The van der Waals surface area contributed by atoms with Crippen LogP contribution in [0, 0.1) is 0 Å². The van der Waals surface area contributed by atoms with E-state index in [1.54, 1.807) is 0 Å². The Morgan fingerprint density at radius 3 is 2.94 bits per heavy atom. The van der Waals surface area contributed by atoms with E-state index in [9.17, 15) is 0 Å².